The van der Waals surface area contributed by atoms with E-state index in [4.69, 9.17) is 4.74 Å². The molecule has 0 aliphatic heterocycles. The van der Waals surface area contributed by atoms with Gasteiger partial charge in [-0.25, -0.2) is 9.37 Å². The van der Waals surface area contributed by atoms with Crippen molar-refractivity contribution in [2.75, 3.05) is 12.9 Å². The van der Waals surface area contributed by atoms with Gasteiger partial charge in [-0.15, -0.1) is 0 Å². The number of aromatic nitrogens is 2. The minimum atomic E-state index is -1.52. The van der Waals surface area contributed by atoms with Gasteiger partial charge in [-0.3, -0.25) is 14.2 Å². The van der Waals surface area contributed by atoms with Crippen molar-refractivity contribution in [1.82, 2.24) is 9.55 Å². The fraction of sp³-hybridized carbons (Fsp3) is 0.455. The average molecular weight is 561 g/mol. The predicted molar refractivity (Wildman–Crippen MR) is 134 cm³/mol. The maximum absolute atomic E-state index is 13.4. The van der Waals surface area contributed by atoms with Gasteiger partial charge in [0.05, 0.1) is 18.0 Å². The van der Waals surface area contributed by atoms with Crippen LogP contribution in [0.2, 0.25) is 0 Å². The van der Waals surface area contributed by atoms with Crippen molar-refractivity contribution in [3.8, 4) is 0 Å². The fourth-order valence-electron chi connectivity index (χ4n) is 2.71. The first-order valence-electron chi connectivity index (χ1n) is 10.2. The van der Waals surface area contributed by atoms with Crippen LogP contribution in [0.5, 0.6) is 0 Å². The summed E-state index contributed by atoms with van der Waals surface area (Å²) in [6, 6.07) is 5.81. The highest BCUT2D eigenvalue weighted by Crippen LogP contribution is 2.22. The molecule has 2 aromatic rings. The van der Waals surface area contributed by atoms with Gasteiger partial charge < -0.3 is 9.29 Å². The first-order chi connectivity index (χ1) is 15.5. The second-order valence-electron chi connectivity index (χ2n) is 7.96. The Hall–Kier alpha value is -1.69. The summed E-state index contributed by atoms with van der Waals surface area (Å²) in [6.07, 6.45) is 2.41. The third-order valence-electron chi connectivity index (χ3n) is 4.42. The number of benzene rings is 1. The summed E-state index contributed by atoms with van der Waals surface area (Å²) in [4.78, 5) is 29.4. The summed E-state index contributed by atoms with van der Waals surface area (Å²) in [7, 11) is 0. The van der Waals surface area contributed by atoms with Gasteiger partial charge in [0.1, 0.15) is 32.9 Å². The van der Waals surface area contributed by atoms with E-state index < -0.39 is 27.6 Å². The molecular formula is C22H27BrFN3O4S2. The van der Waals surface area contributed by atoms with Crippen LogP contribution in [0.15, 0.2) is 43.1 Å². The Bertz CT molecular complexity index is 1070. The molecule has 1 heterocycles. The summed E-state index contributed by atoms with van der Waals surface area (Å²) in [6.45, 7) is 7.14. The molecule has 0 bridgehead atoms. The summed E-state index contributed by atoms with van der Waals surface area (Å²) in [5.41, 5.74) is 1.26. The Kier molecular flexibility index (Phi) is 10.1. The van der Waals surface area contributed by atoms with Gasteiger partial charge in [0, 0.05) is 12.0 Å². The molecule has 0 amide bonds. The largest absolute Gasteiger partial charge is 0.591 e. The van der Waals surface area contributed by atoms with Crippen molar-refractivity contribution in [1.29, 1.82) is 0 Å². The van der Waals surface area contributed by atoms with Gasteiger partial charge in [-0.05, 0) is 68.4 Å². The smallest absolute Gasteiger partial charge is 0.326 e. The quantitative estimate of drug-likeness (QED) is 0.149. The second kappa shape index (κ2) is 12.1. The Labute approximate surface area is 208 Å². The number of aryl methyl sites for hydroxylation is 1. The van der Waals surface area contributed by atoms with Crippen molar-refractivity contribution in [3.05, 3.63) is 56.2 Å². The maximum Gasteiger partial charge on any atom is 0.326 e. The van der Waals surface area contributed by atoms with Crippen LogP contribution < -0.4 is 5.56 Å². The standard InChI is InChI=1S/C22H27BrFN3O4S2/c1-6-31-18(28)13-27-20(29)19(23)17(25-21(27)32-5)12-11-16(26-33(30)22(2,3)4)14-7-9-15(24)10-8-14/h7-10H,6,11-13H2,1-5H3/t33-/m1/s1. The molecule has 0 aliphatic rings. The number of hydrogen-bond donors (Lipinski definition) is 0. The predicted octanol–water partition coefficient (Wildman–Crippen LogP) is 4.31. The van der Waals surface area contributed by atoms with Gasteiger partial charge in [0.25, 0.3) is 5.56 Å². The summed E-state index contributed by atoms with van der Waals surface area (Å²) in [5, 5.41) is 0.379. The molecule has 0 radical (unpaired) electrons. The lowest BCUT2D eigenvalue weighted by Gasteiger charge is -2.19. The second-order valence-corrected chi connectivity index (χ2v) is 11.4. The molecule has 0 saturated heterocycles. The molecule has 0 aliphatic carbocycles. The number of rotatable bonds is 9. The van der Waals surface area contributed by atoms with Crippen molar-refractivity contribution in [2.45, 2.75) is 57.0 Å². The van der Waals surface area contributed by atoms with E-state index in [1.54, 1.807) is 25.3 Å². The molecule has 0 unspecified atom stereocenters. The lowest BCUT2D eigenvalue weighted by Crippen LogP contribution is -2.29. The molecule has 0 spiro atoms. The Morgan fingerprint density at radius 3 is 2.52 bits per heavy atom. The lowest BCUT2D eigenvalue weighted by molar-refractivity contribution is -0.144. The van der Waals surface area contributed by atoms with Crippen molar-refractivity contribution >= 4 is 50.7 Å². The zero-order chi connectivity index (χ0) is 24.8. The van der Waals surface area contributed by atoms with Crippen LogP contribution in [0.1, 0.15) is 45.4 Å². The highest BCUT2D eigenvalue weighted by atomic mass is 79.9. The summed E-state index contributed by atoms with van der Waals surface area (Å²) < 4.78 is 36.4. The molecule has 180 valence electrons. The Balaban J connectivity index is 2.39. The first kappa shape index (κ1) is 27.6. The molecule has 7 nitrogen and oxygen atoms in total. The van der Waals surface area contributed by atoms with Crippen LogP contribution in [0.4, 0.5) is 4.39 Å². The molecular weight excluding hydrogens is 533 g/mol. The van der Waals surface area contributed by atoms with Crippen LogP contribution in [-0.2, 0) is 33.9 Å². The number of carbonyl (C=O) groups excluding carboxylic acids is 1. The molecule has 33 heavy (non-hydrogen) atoms. The van der Waals surface area contributed by atoms with Crippen LogP contribution in [-0.4, -0.2) is 43.4 Å². The SMILES string of the molecule is CCOC(=O)Cn1c(SC)nc(CCC(=N[S@+]([O-])C(C)(C)C)c2ccc(F)cc2)c(Br)c1=O. The van der Waals surface area contributed by atoms with E-state index in [1.165, 1.54) is 28.5 Å². The number of thioether (sulfide) groups is 1. The molecule has 1 aromatic heterocycles. The number of carbonyl (C=O) groups is 1. The first-order valence-corrected chi connectivity index (χ1v) is 13.3. The van der Waals surface area contributed by atoms with E-state index in [-0.39, 0.29) is 23.4 Å². The van der Waals surface area contributed by atoms with Gasteiger partial charge in [-0.1, -0.05) is 28.3 Å². The van der Waals surface area contributed by atoms with Gasteiger partial charge in [-0.2, -0.15) is 0 Å². The van der Waals surface area contributed by atoms with Gasteiger partial charge in [0.15, 0.2) is 5.16 Å². The van der Waals surface area contributed by atoms with Crippen LogP contribution >= 0.6 is 27.7 Å². The van der Waals surface area contributed by atoms with Crippen molar-refractivity contribution in [2.24, 2.45) is 4.40 Å². The third-order valence-corrected chi connectivity index (χ3v) is 7.32. The summed E-state index contributed by atoms with van der Waals surface area (Å²) in [5.74, 6) is -0.902. The molecule has 1 aromatic carbocycles. The highest BCUT2D eigenvalue weighted by Gasteiger charge is 2.28. The molecule has 0 N–H and O–H groups in total. The zero-order valence-corrected chi connectivity index (χ0v) is 22.4. The molecule has 11 heteroatoms. The monoisotopic (exact) mass is 559 g/mol. The highest BCUT2D eigenvalue weighted by molar-refractivity contribution is 9.10. The molecule has 1 atom stereocenters. The molecule has 0 fully saturated rings. The van der Waals surface area contributed by atoms with E-state index in [9.17, 15) is 18.5 Å². The Morgan fingerprint density at radius 2 is 1.97 bits per heavy atom. The number of halogens is 2. The maximum atomic E-state index is 13.4. The van der Waals surface area contributed by atoms with Crippen LogP contribution in [0.25, 0.3) is 0 Å². The fourth-order valence-corrected chi connectivity index (χ4v) is 4.45. The van der Waals surface area contributed by atoms with Crippen molar-refractivity contribution in [3.63, 3.8) is 0 Å². The topological polar surface area (TPSA) is 96.6 Å². The van der Waals surface area contributed by atoms with E-state index in [0.717, 1.165) is 0 Å². The third kappa shape index (κ3) is 7.66. The number of esters is 1. The van der Waals surface area contributed by atoms with E-state index in [2.05, 4.69) is 25.3 Å². The Morgan fingerprint density at radius 1 is 1.33 bits per heavy atom. The molecule has 0 saturated carbocycles. The number of ether oxygens (including phenoxy) is 1. The van der Waals surface area contributed by atoms with Crippen molar-refractivity contribution < 1.29 is 18.5 Å². The van der Waals surface area contributed by atoms with E-state index >= 15 is 0 Å². The normalized spacial score (nSPS) is 13.2. The summed E-state index contributed by atoms with van der Waals surface area (Å²) >= 11 is 3.04. The van der Waals surface area contributed by atoms with Crippen LogP contribution in [0.3, 0.4) is 0 Å². The lowest BCUT2D eigenvalue weighted by atomic mass is 10.0. The molecule has 2 rings (SSSR count). The van der Waals surface area contributed by atoms with E-state index in [0.29, 0.717) is 35.0 Å². The number of nitrogens with zero attached hydrogens (tertiary/aromatic N) is 3. The minimum absolute atomic E-state index is 0.219. The van der Waals surface area contributed by atoms with Gasteiger partial charge >= 0.3 is 5.97 Å². The zero-order valence-electron chi connectivity index (χ0n) is 19.2. The minimum Gasteiger partial charge on any atom is -0.591 e. The van der Waals surface area contributed by atoms with E-state index in [1.807, 2.05) is 20.8 Å². The number of hydrogen-bond acceptors (Lipinski definition) is 7. The van der Waals surface area contributed by atoms with Gasteiger partial charge in [0.2, 0.25) is 0 Å². The average Bonchev–Trinajstić information content (AvgIpc) is 2.75. The van der Waals surface area contributed by atoms with Crippen LogP contribution in [0, 0.1) is 5.82 Å².